The summed E-state index contributed by atoms with van der Waals surface area (Å²) in [7, 11) is -2.95. The summed E-state index contributed by atoms with van der Waals surface area (Å²) in [5, 5.41) is 14.5. The van der Waals surface area contributed by atoms with Crippen LogP contribution in [0, 0.1) is 30.9 Å². The lowest BCUT2D eigenvalue weighted by Gasteiger charge is -2.18. The third-order valence-electron chi connectivity index (χ3n) is 7.78. The number of aliphatic carboxylic acids is 1. The van der Waals surface area contributed by atoms with Crippen LogP contribution in [0.5, 0.6) is 0 Å². The van der Waals surface area contributed by atoms with Crippen LogP contribution < -0.4 is 26.6 Å². The van der Waals surface area contributed by atoms with Crippen molar-refractivity contribution in [3.63, 3.8) is 0 Å². The molecule has 0 saturated carbocycles. The second kappa shape index (κ2) is 14.0. The molecule has 0 aliphatic rings. The number of carbonyl (C=O) groups excluding carboxylic acids is 2. The Morgan fingerprint density at radius 3 is 2.18 bits per heavy atom. The molecule has 0 aliphatic carbocycles. The van der Waals surface area contributed by atoms with Gasteiger partial charge in [-0.3, -0.25) is 19.1 Å². The molecule has 4 rings (SSSR count). The van der Waals surface area contributed by atoms with E-state index in [4.69, 9.17) is 0 Å². The van der Waals surface area contributed by atoms with Gasteiger partial charge in [-0.15, -0.1) is 0 Å². The molecule has 1 atom stereocenters. The van der Waals surface area contributed by atoms with Crippen LogP contribution in [0.25, 0.3) is 5.82 Å². The molecule has 2 aromatic heterocycles. The lowest BCUT2D eigenvalue weighted by atomic mass is 9.95. The van der Waals surface area contributed by atoms with Crippen molar-refractivity contribution in [1.82, 2.24) is 19.4 Å². The van der Waals surface area contributed by atoms with Gasteiger partial charge in [-0.25, -0.2) is 36.3 Å². The number of halogens is 2. The number of carboxylic acid groups (broad SMARTS) is 1. The molecule has 0 spiro atoms. The van der Waals surface area contributed by atoms with Crippen LogP contribution in [0.3, 0.4) is 0 Å². The molecule has 0 radical (unpaired) electrons. The molecule has 0 bridgehead atoms. The van der Waals surface area contributed by atoms with Gasteiger partial charge >= 0.3 is 11.7 Å². The lowest BCUT2D eigenvalue weighted by Crippen LogP contribution is -2.42. The van der Waals surface area contributed by atoms with Crippen LogP contribution in [0.15, 0.2) is 69.2 Å². The zero-order valence-corrected chi connectivity index (χ0v) is 28.6. The number of hydrogen-bond donors (Lipinski definition) is 4. The third kappa shape index (κ3) is 7.94. The Balaban J connectivity index is 1.48. The third-order valence-corrected chi connectivity index (χ3v) is 9.16. The molecule has 50 heavy (non-hydrogen) atoms. The van der Waals surface area contributed by atoms with Gasteiger partial charge in [0.05, 0.1) is 16.1 Å². The summed E-state index contributed by atoms with van der Waals surface area (Å²) >= 11 is 0. The molecule has 17 heteroatoms. The zero-order chi connectivity index (χ0) is 37.3. The number of anilines is 2. The summed E-state index contributed by atoms with van der Waals surface area (Å²) in [6, 6.07) is 6.86. The maximum absolute atomic E-state index is 15.0. The van der Waals surface area contributed by atoms with Crippen molar-refractivity contribution < 1.29 is 36.7 Å². The standard InChI is InChI=1S/C33H34F2N6O8S/c1-17-18(2)40(6)32(47)41(29(17)43)27-12-7-19(16-36-27)13-26(30(44)45)38-28(42)22-14-24(35)25(15-23(22)34)39-50(48,49)21-10-8-20(9-11-21)37-31(46)33(3,4)5/h7-12,14-16,26,39H,13H2,1-6H3,(H,37,46)(H,38,42)(H,44,45)/t26-/m0/s1. The highest BCUT2D eigenvalue weighted by atomic mass is 32.2. The number of nitrogens with zero attached hydrogens (tertiary/aromatic N) is 3. The highest BCUT2D eigenvalue weighted by Gasteiger charge is 2.26. The molecule has 4 N–H and O–H groups in total. The van der Waals surface area contributed by atoms with Gasteiger partial charge in [-0.1, -0.05) is 26.8 Å². The second-order valence-corrected chi connectivity index (χ2v) is 14.1. The van der Waals surface area contributed by atoms with Gasteiger partial charge < -0.3 is 20.3 Å². The van der Waals surface area contributed by atoms with E-state index in [1.54, 1.807) is 34.6 Å². The van der Waals surface area contributed by atoms with Crippen LogP contribution in [0.4, 0.5) is 20.2 Å². The molecule has 0 fully saturated rings. The first-order valence-electron chi connectivity index (χ1n) is 14.9. The number of hydrogen-bond acceptors (Lipinski definition) is 8. The van der Waals surface area contributed by atoms with Gasteiger partial charge in [0.15, 0.2) is 0 Å². The van der Waals surface area contributed by atoms with E-state index in [1.165, 1.54) is 42.1 Å². The van der Waals surface area contributed by atoms with Gasteiger partial charge in [0, 0.05) is 48.1 Å². The second-order valence-electron chi connectivity index (χ2n) is 12.4. The maximum atomic E-state index is 15.0. The quantitative estimate of drug-likeness (QED) is 0.191. The lowest BCUT2D eigenvalue weighted by molar-refractivity contribution is -0.139. The van der Waals surface area contributed by atoms with E-state index in [9.17, 15) is 37.5 Å². The van der Waals surface area contributed by atoms with E-state index < -0.39 is 67.5 Å². The normalized spacial score (nSPS) is 12.2. The first-order valence-corrected chi connectivity index (χ1v) is 16.4. The Morgan fingerprint density at radius 2 is 1.62 bits per heavy atom. The molecule has 14 nitrogen and oxygen atoms in total. The first kappa shape index (κ1) is 37.1. The fraction of sp³-hybridized carbons (Fsp3) is 0.273. The molecule has 0 aliphatic heterocycles. The minimum Gasteiger partial charge on any atom is -0.480 e. The summed E-state index contributed by atoms with van der Waals surface area (Å²) in [5.41, 5.74) is -2.25. The Kier molecular flexibility index (Phi) is 10.4. The van der Waals surface area contributed by atoms with Crippen molar-refractivity contribution in [2.45, 2.75) is 52.0 Å². The van der Waals surface area contributed by atoms with E-state index in [0.29, 0.717) is 29.1 Å². The van der Waals surface area contributed by atoms with Gasteiger partial charge in [0.25, 0.3) is 21.5 Å². The van der Waals surface area contributed by atoms with Crippen molar-refractivity contribution in [1.29, 1.82) is 0 Å². The van der Waals surface area contributed by atoms with Gasteiger partial charge in [0.1, 0.15) is 23.5 Å². The monoisotopic (exact) mass is 712 g/mol. The Bertz CT molecular complexity index is 2190. The number of rotatable bonds is 10. The number of nitrogens with one attached hydrogen (secondary N) is 3. The molecular formula is C33H34F2N6O8S. The maximum Gasteiger partial charge on any atom is 0.336 e. The molecule has 0 saturated heterocycles. The number of carboxylic acids is 1. The molecule has 2 heterocycles. The molecule has 2 aromatic carbocycles. The van der Waals surface area contributed by atoms with E-state index >= 15 is 8.78 Å². The summed E-state index contributed by atoms with van der Waals surface area (Å²) in [4.78, 5) is 66.2. The molecular weight excluding hydrogens is 678 g/mol. The van der Waals surface area contributed by atoms with Gasteiger partial charge in [-0.05, 0) is 55.8 Å². The topological polar surface area (TPSA) is 199 Å². The largest absolute Gasteiger partial charge is 0.480 e. The average molecular weight is 713 g/mol. The predicted molar refractivity (Wildman–Crippen MR) is 179 cm³/mol. The number of carbonyl (C=O) groups is 3. The minimum atomic E-state index is -4.45. The van der Waals surface area contributed by atoms with Crippen molar-refractivity contribution in [3.05, 3.63) is 110 Å². The minimum absolute atomic E-state index is 0.0202. The van der Waals surface area contributed by atoms with Crippen molar-refractivity contribution in [2.24, 2.45) is 12.5 Å². The first-order chi connectivity index (χ1) is 23.2. The van der Waals surface area contributed by atoms with E-state index in [0.717, 1.165) is 16.7 Å². The SMILES string of the molecule is Cc1c(C)n(C)c(=O)n(-c2ccc(C[C@H](NC(=O)c3cc(F)c(NS(=O)(=O)c4ccc(NC(=O)C(C)(C)C)cc4)cc3F)C(=O)O)cn2)c1=O. The molecule has 4 aromatic rings. The predicted octanol–water partition coefficient (Wildman–Crippen LogP) is 3.04. The van der Waals surface area contributed by atoms with Crippen LogP contribution in [-0.4, -0.2) is 51.5 Å². The number of aromatic nitrogens is 3. The van der Waals surface area contributed by atoms with Gasteiger partial charge in [-0.2, -0.15) is 0 Å². The number of amides is 2. The zero-order valence-electron chi connectivity index (χ0n) is 27.8. The van der Waals surface area contributed by atoms with Crippen LogP contribution >= 0.6 is 0 Å². The van der Waals surface area contributed by atoms with Crippen molar-refractivity contribution in [2.75, 3.05) is 10.0 Å². The Labute approximate surface area is 284 Å². The van der Waals surface area contributed by atoms with Crippen molar-refractivity contribution in [3.8, 4) is 5.82 Å². The van der Waals surface area contributed by atoms with Crippen LogP contribution in [0.1, 0.15) is 48.0 Å². The fourth-order valence-electron chi connectivity index (χ4n) is 4.54. The Morgan fingerprint density at radius 1 is 0.980 bits per heavy atom. The number of pyridine rings is 1. The summed E-state index contributed by atoms with van der Waals surface area (Å²) in [6.07, 6.45) is 0.837. The van der Waals surface area contributed by atoms with Gasteiger partial charge in [0.2, 0.25) is 5.91 Å². The molecule has 2 amide bonds. The van der Waals surface area contributed by atoms with E-state index in [2.05, 4.69) is 15.6 Å². The van der Waals surface area contributed by atoms with E-state index in [-0.39, 0.29) is 28.6 Å². The Hall–Kier alpha value is -5.71. The highest BCUT2D eigenvalue weighted by molar-refractivity contribution is 7.92. The van der Waals surface area contributed by atoms with Crippen molar-refractivity contribution >= 4 is 39.2 Å². The average Bonchev–Trinajstić information content (AvgIpc) is 3.04. The van der Waals surface area contributed by atoms with E-state index in [1.807, 2.05) is 4.72 Å². The van der Waals surface area contributed by atoms with Crippen LogP contribution in [0.2, 0.25) is 0 Å². The summed E-state index contributed by atoms with van der Waals surface area (Å²) < 4.78 is 59.9. The molecule has 0 unspecified atom stereocenters. The molecule has 264 valence electrons. The fourth-order valence-corrected chi connectivity index (χ4v) is 5.59. The summed E-state index contributed by atoms with van der Waals surface area (Å²) in [5.74, 6) is -5.82. The highest BCUT2D eigenvalue weighted by Crippen LogP contribution is 2.25. The van der Waals surface area contributed by atoms with Crippen LogP contribution in [-0.2, 0) is 33.1 Å². The summed E-state index contributed by atoms with van der Waals surface area (Å²) in [6.45, 7) is 8.26. The number of sulfonamides is 1. The number of benzene rings is 2. The smallest absolute Gasteiger partial charge is 0.336 e.